The van der Waals surface area contributed by atoms with Gasteiger partial charge in [-0.15, -0.1) is 0 Å². The number of fused-ring (bicyclic) bond motifs is 4. The van der Waals surface area contributed by atoms with Crippen LogP contribution in [0.1, 0.15) is 0 Å². The molecule has 12 rings (SSSR count). The van der Waals surface area contributed by atoms with E-state index in [9.17, 15) is 0 Å². The van der Waals surface area contributed by atoms with Crippen molar-refractivity contribution in [3.8, 4) is 84.6 Å². The van der Waals surface area contributed by atoms with Gasteiger partial charge in [-0.3, -0.25) is 4.40 Å². The first-order valence-electron chi connectivity index (χ1n) is 21.5. The molecule has 6 nitrogen and oxygen atoms in total. The fourth-order valence-corrected chi connectivity index (χ4v) is 8.98. The normalized spacial score (nSPS) is 11.4. The van der Waals surface area contributed by atoms with Crippen LogP contribution >= 0.6 is 0 Å². The van der Waals surface area contributed by atoms with Crippen LogP contribution in [0.3, 0.4) is 0 Å². The smallest absolute Gasteiger partial charge is 0.164 e. The van der Waals surface area contributed by atoms with Gasteiger partial charge in [0.05, 0.1) is 28.1 Å². The van der Waals surface area contributed by atoms with Crippen molar-refractivity contribution < 1.29 is 0 Å². The van der Waals surface area contributed by atoms with Gasteiger partial charge < -0.3 is 4.57 Å². The van der Waals surface area contributed by atoms with Crippen LogP contribution in [0.5, 0.6) is 0 Å². The maximum Gasteiger partial charge on any atom is 0.164 e. The molecule has 6 heteroatoms. The van der Waals surface area contributed by atoms with Crippen molar-refractivity contribution >= 4 is 27.5 Å². The highest BCUT2D eigenvalue weighted by Gasteiger charge is 2.21. The van der Waals surface area contributed by atoms with Gasteiger partial charge in [-0.25, -0.2) is 19.9 Å². The maximum atomic E-state index is 5.18. The molecule has 0 aliphatic heterocycles. The Labute approximate surface area is 370 Å². The van der Waals surface area contributed by atoms with Crippen LogP contribution in [0.4, 0.5) is 0 Å². The predicted molar refractivity (Wildman–Crippen MR) is 261 cm³/mol. The molecule has 4 heterocycles. The van der Waals surface area contributed by atoms with Gasteiger partial charge in [-0.2, -0.15) is 0 Å². The number of rotatable bonds is 8. The van der Waals surface area contributed by atoms with E-state index in [4.69, 9.17) is 19.9 Å². The van der Waals surface area contributed by atoms with Gasteiger partial charge >= 0.3 is 0 Å². The number of imidazole rings is 1. The number of hydrogen-bond acceptors (Lipinski definition) is 4. The Bertz CT molecular complexity index is 3590. The first-order valence-corrected chi connectivity index (χ1v) is 21.5. The van der Waals surface area contributed by atoms with Gasteiger partial charge in [0.1, 0.15) is 5.65 Å². The summed E-state index contributed by atoms with van der Waals surface area (Å²) in [6, 6.07) is 78.5. The Kier molecular flexibility index (Phi) is 9.05. The van der Waals surface area contributed by atoms with Gasteiger partial charge in [0.2, 0.25) is 0 Å². The summed E-state index contributed by atoms with van der Waals surface area (Å²) in [5, 5.41) is 2.37. The van der Waals surface area contributed by atoms with Crippen LogP contribution < -0.4 is 0 Å². The fraction of sp³-hybridized carbons (Fsp3) is 0. The molecule has 0 unspecified atom stereocenters. The van der Waals surface area contributed by atoms with Crippen molar-refractivity contribution in [2.24, 2.45) is 0 Å². The Hall–Kier alpha value is -8.74. The SMILES string of the molecule is c1ccc(-c2nc(-c3ccccc3)nc(-c3ccc(-n4c5ccccc5c5ccc(-c6cccc(-c7nc8ccccn8c7-c7ccccc7)c6)cc54)c(-c4ccccc4)c3)n2)cc1. The molecule has 0 spiro atoms. The molecule has 0 fully saturated rings. The average Bonchev–Trinajstić information content (AvgIpc) is 3.93. The van der Waals surface area contributed by atoms with Crippen LogP contribution in [0.15, 0.2) is 231 Å². The third-order valence-corrected chi connectivity index (χ3v) is 12.0. The minimum atomic E-state index is 0.613. The third-order valence-electron chi connectivity index (χ3n) is 12.0. The number of pyridine rings is 1. The highest BCUT2D eigenvalue weighted by atomic mass is 15.0. The molecule has 0 amide bonds. The summed E-state index contributed by atoms with van der Waals surface area (Å²) in [6.45, 7) is 0. The molecule has 0 saturated carbocycles. The molecular weight excluding hydrogens is 781 g/mol. The zero-order chi connectivity index (χ0) is 42.4. The first-order chi connectivity index (χ1) is 31.7. The second-order valence-corrected chi connectivity index (χ2v) is 15.9. The van der Waals surface area contributed by atoms with Gasteiger partial charge in [-0.05, 0) is 65.2 Å². The second-order valence-electron chi connectivity index (χ2n) is 15.9. The van der Waals surface area contributed by atoms with Gasteiger partial charge in [0, 0.05) is 50.4 Å². The van der Waals surface area contributed by atoms with E-state index in [1.54, 1.807) is 0 Å². The highest BCUT2D eigenvalue weighted by molar-refractivity contribution is 6.11. The zero-order valence-corrected chi connectivity index (χ0v) is 34.6. The van der Waals surface area contributed by atoms with Crippen LogP contribution in [-0.2, 0) is 0 Å². The minimum Gasteiger partial charge on any atom is -0.309 e. The number of para-hydroxylation sites is 1. The van der Waals surface area contributed by atoms with Crippen molar-refractivity contribution in [3.05, 3.63) is 231 Å². The molecule has 4 aromatic heterocycles. The highest BCUT2D eigenvalue weighted by Crippen LogP contribution is 2.41. The number of nitrogens with zero attached hydrogens (tertiary/aromatic N) is 6. The lowest BCUT2D eigenvalue weighted by Gasteiger charge is -2.16. The summed E-state index contributed by atoms with van der Waals surface area (Å²) in [5.74, 6) is 1.87. The molecule has 0 N–H and O–H groups in total. The van der Waals surface area contributed by atoms with E-state index < -0.39 is 0 Å². The van der Waals surface area contributed by atoms with Crippen LogP contribution in [-0.4, -0.2) is 28.9 Å². The maximum absolute atomic E-state index is 5.18. The molecular formula is C58H38N6. The van der Waals surface area contributed by atoms with Crippen molar-refractivity contribution in [3.63, 3.8) is 0 Å². The molecule has 300 valence electrons. The third kappa shape index (κ3) is 6.53. The number of benzene rings is 8. The standard InChI is InChI=1S/C58H38N6/c1-5-18-39(19-6-1)49-37-46(58-61-56(41-22-9-3-10-23-41)60-57(62-58)42-24-11-4-12-25-42)32-34-51(49)64-50-29-14-13-28-47(50)48-33-31-44(38-52(48)64)43-26-17-27-45(36-43)54-55(40-20-7-2-8-21-40)63-35-16-15-30-53(63)59-54/h1-38H. The summed E-state index contributed by atoms with van der Waals surface area (Å²) in [7, 11) is 0. The van der Waals surface area contributed by atoms with Crippen LogP contribution in [0.25, 0.3) is 112 Å². The molecule has 12 aromatic rings. The Morgan fingerprint density at radius 1 is 0.312 bits per heavy atom. The molecule has 0 saturated heterocycles. The Balaban J connectivity index is 1.03. The average molecular weight is 819 g/mol. The topological polar surface area (TPSA) is 60.9 Å². The van der Waals surface area contributed by atoms with E-state index in [1.807, 2.05) is 66.7 Å². The van der Waals surface area contributed by atoms with E-state index >= 15 is 0 Å². The fourth-order valence-electron chi connectivity index (χ4n) is 8.98. The van der Waals surface area contributed by atoms with E-state index in [1.165, 1.54) is 10.8 Å². The molecule has 64 heavy (non-hydrogen) atoms. The number of aromatic nitrogens is 6. The molecule has 0 bridgehead atoms. The molecule has 0 radical (unpaired) electrons. The second kappa shape index (κ2) is 15.6. The van der Waals surface area contributed by atoms with Crippen molar-refractivity contribution in [2.45, 2.75) is 0 Å². The zero-order valence-electron chi connectivity index (χ0n) is 34.6. The Morgan fingerprint density at radius 2 is 0.844 bits per heavy atom. The predicted octanol–water partition coefficient (Wildman–Crippen LogP) is 14.3. The van der Waals surface area contributed by atoms with E-state index in [-0.39, 0.29) is 0 Å². The monoisotopic (exact) mass is 818 g/mol. The first kappa shape index (κ1) is 37.1. The Morgan fingerprint density at radius 3 is 1.55 bits per heavy atom. The van der Waals surface area contributed by atoms with Gasteiger partial charge in [0.25, 0.3) is 0 Å². The van der Waals surface area contributed by atoms with E-state index in [0.29, 0.717) is 17.5 Å². The lowest BCUT2D eigenvalue weighted by atomic mass is 9.98. The quantitative estimate of drug-likeness (QED) is 0.153. The molecule has 0 aliphatic rings. The summed E-state index contributed by atoms with van der Waals surface area (Å²) < 4.78 is 4.60. The van der Waals surface area contributed by atoms with Crippen LogP contribution in [0, 0.1) is 0 Å². The number of hydrogen-bond donors (Lipinski definition) is 0. The molecule has 0 atom stereocenters. The summed E-state index contributed by atoms with van der Waals surface area (Å²) in [4.78, 5) is 20.3. The molecule has 8 aromatic carbocycles. The van der Waals surface area contributed by atoms with Gasteiger partial charge in [-0.1, -0.05) is 176 Å². The van der Waals surface area contributed by atoms with Crippen molar-refractivity contribution in [1.82, 2.24) is 28.9 Å². The summed E-state index contributed by atoms with van der Waals surface area (Å²) in [6.07, 6.45) is 2.09. The summed E-state index contributed by atoms with van der Waals surface area (Å²) >= 11 is 0. The minimum absolute atomic E-state index is 0.613. The van der Waals surface area contributed by atoms with Crippen molar-refractivity contribution in [2.75, 3.05) is 0 Å². The van der Waals surface area contributed by atoms with E-state index in [0.717, 1.165) is 83.8 Å². The van der Waals surface area contributed by atoms with Gasteiger partial charge in [0.15, 0.2) is 17.5 Å². The largest absolute Gasteiger partial charge is 0.309 e. The van der Waals surface area contributed by atoms with Crippen LogP contribution in [0.2, 0.25) is 0 Å². The van der Waals surface area contributed by atoms with Crippen molar-refractivity contribution in [1.29, 1.82) is 0 Å². The lowest BCUT2D eigenvalue weighted by Crippen LogP contribution is -2.02. The van der Waals surface area contributed by atoms with E-state index in [2.05, 4.69) is 173 Å². The lowest BCUT2D eigenvalue weighted by molar-refractivity contribution is 1.07. The summed E-state index contributed by atoms with van der Waals surface area (Å²) in [5.41, 5.74) is 15.6. The molecule has 0 aliphatic carbocycles.